The number of hydrogen-bond acceptors (Lipinski definition) is 3. The van der Waals surface area contributed by atoms with Crippen LogP contribution in [0.1, 0.15) is 40.0 Å². The van der Waals surface area contributed by atoms with Crippen LogP contribution in [0.5, 0.6) is 0 Å². The molecule has 5 heteroatoms. The first-order valence-corrected chi connectivity index (χ1v) is 7.71. The molecule has 0 aromatic rings. The molecule has 2 amide bonds. The van der Waals surface area contributed by atoms with Crippen molar-refractivity contribution in [2.24, 2.45) is 17.6 Å². The maximum absolute atomic E-state index is 12.2. The molecule has 0 spiro atoms. The lowest BCUT2D eigenvalue weighted by Crippen LogP contribution is -2.46. The number of nitrogens with two attached hydrogens (primary N) is 1. The molecule has 1 aliphatic heterocycles. The van der Waals surface area contributed by atoms with Crippen LogP contribution in [0.15, 0.2) is 0 Å². The van der Waals surface area contributed by atoms with Crippen molar-refractivity contribution in [2.45, 2.75) is 52.1 Å². The predicted molar refractivity (Wildman–Crippen MR) is 77.9 cm³/mol. The fourth-order valence-corrected chi connectivity index (χ4v) is 2.88. The van der Waals surface area contributed by atoms with E-state index in [0.717, 1.165) is 38.9 Å². The quantitative estimate of drug-likeness (QED) is 0.811. The SMILES string of the molecule is CC(=O)N(C[C@@H]1CCN(C(=O)[C@@H](N)C(C)C)C1)C1CC1. The first-order valence-electron chi connectivity index (χ1n) is 7.71. The van der Waals surface area contributed by atoms with E-state index in [1.54, 1.807) is 6.92 Å². The summed E-state index contributed by atoms with van der Waals surface area (Å²) in [5, 5.41) is 0. The first-order chi connectivity index (χ1) is 9.40. The molecule has 1 aliphatic carbocycles. The maximum Gasteiger partial charge on any atom is 0.239 e. The summed E-state index contributed by atoms with van der Waals surface area (Å²) in [6.45, 7) is 7.91. The highest BCUT2D eigenvalue weighted by molar-refractivity contribution is 5.82. The van der Waals surface area contributed by atoms with E-state index < -0.39 is 6.04 Å². The molecule has 2 atom stereocenters. The molecule has 2 N–H and O–H groups in total. The van der Waals surface area contributed by atoms with Crippen LogP contribution in [0.2, 0.25) is 0 Å². The van der Waals surface area contributed by atoms with Gasteiger partial charge < -0.3 is 15.5 Å². The predicted octanol–water partition coefficient (Wildman–Crippen LogP) is 0.829. The summed E-state index contributed by atoms with van der Waals surface area (Å²) in [5.41, 5.74) is 5.94. The molecule has 2 rings (SSSR count). The minimum atomic E-state index is -0.402. The van der Waals surface area contributed by atoms with Crippen molar-refractivity contribution in [3.63, 3.8) is 0 Å². The Kier molecular flexibility index (Phi) is 4.68. The Morgan fingerprint density at radius 2 is 1.95 bits per heavy atom. The Hall–Kier alpha value is -1.10. The molecule has 0 aromatic carbocycles. The molecule has 114 valence electrons. The normalized spacial score (nSPS) is 24.1. The van der Waals surface area contributed by atoms with Crippen LogP contribution in [0.4, 0.5) is 0 Å². The van der Waals surface area contributed by atoms with Gasteiger partial charge in [-0.25, -0.2) is 0 Å². The lowest BCUT2D eigenvalue weighted by atomic mass is 10.0. The second kappa shape index (κ2) is 6.12. The third kappa shape index (κ3) is 3.51. The fraction of sp³-hybridized carbons (Fsp3) is 0.867. The van der Waals surface area contributed by atoms with E-state index in [0.29, 0.717) is 12.0 Å². The zero-order valence-electron chi connectivity index (χ0n) is 12.8. The van der Waals surface area contributed by atoms with Gasteiger partial charge >= 0.3 is 0 Å². The van der Waals surface area contributed by atoms with Crippen molar-refractivity contribution < 1.29 is 9.59 Å². The van der Waals surface area contributed by atoms with Gasteiger partial charge in [-0.05, 0) is 31.1 Å². The van der Waals surface area contributed by atoms with E-state index >= 15 is 0 Å². The molecule has 5 nitrogen and oxygen atoms in total. The van der Waals surface area contributed by atoms with Gasteiger partial charge in [0.25, 0.3) is 0 Å². The second-order valence-electron chi connectivity index (χ2n) is 6.61. The number of nitrogens with zero attached hydrogens (tertiary/aromatic N) is 2. The van der Waals surface area contributed by atoms with Crippen LogP contribution in [0.25, 0.3) is 0 Å². The van der Waals surface area contributed by atoms with Crippen LogP contribution in [-0.4, -0.2) is 53.3 Å². The van der Waals surface area contributed by atoms with Crippen molar-refractivity contribution in [1.29, 1.82) is 0 Å². The lowest BCUT2D eigenvalue weighted by Gasteiger charge is -2.26. The van der Waals surface area contributed by atoms with Gasteiger partial charge in [0, 0.05) is 32.6 Å². The lowest BCUT2D eigenvalue weighted by molar-refractivity contribution is -0.132. The van der Waals surface area contributed by atoms with Crippen molar-refractivity contribution in [3.05, 3.63) is 0 Å². The smallest absolute Gasteiger partial charge is 0.239 e. The van der Waals surface area contributed by atoms with Gasteiger partial charge in [-0.3, -0.25) is 9.59 Å². The summed E-state index contributed by atoms with van der Waals surface area (Å²) in [5.74, 6) is 0.795. The zero-order valence-corrected chi connectivity index (χ0v) is 12.8. The van der Waals surface area contributed by atoms with Gasteiger partial charge in [-0.1, -0.05) is 13.8 Å². The van der Waals surface area contributed by atoms with Gasteiger partial charge in [0.15, 0.2) is 0 Å². The number of likely N-dealkylation sites (tertiary alicyclic amines) is 1. The highest BCUT2D eigenvalue weighted by atomic mass is 16.2. The molecule has 1 saturated heterocycles. The van der Waals surface area contributed by atoms with E-state index in [-0.39, 0.29) is 17.7 Å². The highest BCUT2D eigenvalue weighted by Gasteiger charge is 2.36. The number of rotatable bonds is 5. The second-order valence-corrected chi connectivity index (χ2v) is 6.61. The number of carbonyl (C=O) groups is 2. The van der Waals surface area contributed by atoms with Gasteiger partial charge in [0.1, 0.15) is 0 Å². The highest BCUT2D eigenvalue weighted by Crippen LogP contribution is 2.29. The molecule has 0 radical (unpaired) electrons. The van der Waals surface area contributed by atoms with Gasteiger partial charge in [0.05, 0.1) is 6.04 Å². The third-order valence-electron chi connectivity index (χ3n) is 4.45. The maximum atomic E-state index is 12.2. The van der Waals surface area contributed by atoms with Crippen molar-refractivity contribution >= 4 is 11.8 Å². The minimum absolute atomic E-state index is 0.0586. The standard InChI is InChI=1S/C15H27N3O2/c1-10(2)14(16)15(20)17-7-6-12(8-17)9-18(11(3)19)13-4-5-13/h10,12-14H,4-9,16H2,1-3H3/t12-,14+/m1/s1. The van der Waals surface area contributed by atoms with E-state index in [2.05, 4.69) is 0 Å². The summed E-state index contributed by atoms with van der Waals surface area (Å²) in [6, 6.07) is 0.0521. The van der Waals surface area contributed by atoms with Gasteiger partial charge in [-0.2, -0.15) is 0 Å². The van der Waals surface area contributed by atoms with Crippen molar-refractivity contribution in [1.82, 2.24) is 9.80 Å². The average molecular weight is 281 g/mol. The Balaban J connectivity index is 1.85. The summed E-state index contributed by atoms with van der Waals surface area (Å²) in [6.07, 6.45) is 3.24. The van der Waals surface area contributed by atoms with Gasteiger partial charge in [0.2, 0.25) is 11.8 Å². The summed E-state index contributed by atoms with van der Waals surface area (Å²) < 4.78 is 0. The van der Waals surface area contributed by atoms with Crippen molar-refractivity contribution in [2.75, 3.05) is 19.6 Å². The van der Waals surface area contributed by atoms with Crippen LogP contribution in [0, 0.1) is 11.8 Å². The van der Waals surface area contributed by atoms with E-state index in [9.17, 15) is 9.59 Å². The van der Waals surface area contributed by atoms with Crippen LogP contribution in [0.3, 0.4) is 0 Å². The molecular weight excluding hydrogens is 254 g/mol. The molecule has 0 bridgehead atoms. The number of hydrogen-bond donors (Lipinski definition) is 1. The fourth-order valence-electron chi connectivity index (χ4n) is 2.88. The average Bonchev–Trinajstić information content (AvgIpc) is 3.12. The minimum Gasteiger partial charge on any atom is -0.341 e. The molecular formula is C15H27N3O2. The van der Waals surface area contributed by atoms with Crippen LogP contribution >= 0.6 is 0 Å². The molecule has 0 unspecified atom stereocenters. The largest absolute Gasteiger partial charge is 0.341 e. The molecule has 0 aromatic heterocycles. The Morgan fingerprint density at radius 1 is 1.30 bits per heavy atom. The molecule has 20 heavy (non-hydrogen) atoms. The molecule has 2 fully saturated rings. The molecule has 2 aliphatic rings. The Bertz CT molecular complexity index is 379. The van der Waals surface area contributed by atoms with Crippen LogP contribution in [-0.2, 0) is 9.59 Å². The van der Waals surface area contributed by atoms with Crippen LogP contribution < -0.4 is 5.73 Å². The first kappa shape index (κ1) is 15.3. The monoisotopic (exact) mass is 281 g/mol. The summed E-state index contributed by atoms with van der Waals surface area (Å²) >= 11 is 0. The Morgan fingerprint density at radius 3 is 2.45 bits per heavy atom. The topological polar surface area (TPSA) is 66.6 Å². The summed E-state index contributed by atoms with van der Waals surface area (Å²) in [7, 11) is 0. The van der Waals surface area contributed by atoms with E-state index in [1.165, 1.54) is 0 Å². The third-order valence-corrected chi connectivity index (χ3v) is 4.45. The van der Waals surface area contributed by atoms with Gasteiger partial charge in [-0.15, -0.1) is 0 Å². The Labute approximate surface area is 121 Å². The van der Waals surface area contributed by atoms with E-state index in [4.69, 9.17) is 5.73 Å². The summed E-state index contributed by atoms with van der Waals surface area (Å²) in [4.78, 5) is 27.7. The number of amides is 2. The van der Waals surface area contributed by atoms with Crippen molar-refractivity contribution in [3.8, 4) is 0 Å². The molecule has 1 saturated carbocycles. The number of carbonyl (C=O) groups excluding carboxylic acids is 2. The zero-order chi connectivity index (χ0) is 14.9. The van der Waals surface area contributed by atoms with E-state index in [1.807, 2.05) is 23.6 Å². The molecule has 1 heterocycles.